The Bertz CT molecular complexity index is 338. The molecule has 1 rings (SSSR count). The van der Waals surface area contributed by atoms with Crippen LogP contribution in [0.5, 0.6) is 5.75 Å². The smallest absolute Gasteiger partial charge is 0.156 e. The van der Waals surface area contributed by atoms with Crippen molar-refractivity contribution in [3.05, 3.63) is 28.2 Å². The first-order valence-corrected chi connectivity index (χ1v) is 7.78. The van der Waals surface area contributed by atoms with Gasteiger partial charge in [-0.1, -0.05) is 42.6 Å². The highest BCUT2D eigenvalue weighted by molar-refractivity contribution is 6.37. The number of hydrogen-bond acceptors (Lipinski definition) is 2. The van der Waals surface area contributed by atoms with Gasteiger partial charge in [-0.2, -0.15) is 0 Å². The van der Waals surface area contributed by atoms with Crippen molar-refractivity contribution in [3.8, 4) is 5.75 Å². The number of halogens is 2. The first kappa shape index (κ1) is 16.6. The van der Waals surface area contributed by atoms with E-state index in [4.69, 9.17) is 27.9 Å². The van der Waals surface area contributed by atoms with Crippen molar-refractivity contribution >= 4 is 23.2 Å². The average molecular weight is 304 g/mol. The van der Waals surface area contributed by atoms with E-state index < -0.39 is 0 Å². The van der Waals surface area contributed by atoms with Crippen molar-refractivity contribution in [3.63, 3.8) is 0 Å². The molecule has 0 radical (unpaired) electrons. The summed E-state index contributed by atoms with van der Waals surface area (Å²) in [5.74, 6) is 0.604. The van der Waals surface area contributed by atoms with Crippen LogP contribution in [-0.2, 0) is 0 Å². The molecule has 1 aromatic carbocycles. The van der Waals surface area contributed by atoms with Gasteiger partial charge in [-0.05, 0) is 50.9 Å². The fraction of sp³-hybridized carbons (Fsp3) is 0.600. The summed E-state index contributed by atoms with van der Waals surface area (Å²) < 4.78 is 5.63. The molecule has 0 unspecified atom stereocenters. The molecule has 1 N–H and O–H groups in total. The molecular weight excluding hydrogens is 281 g/mol. The van der Waals surface area contributed by atoms with E-state index in [1.807, 2.05) is 6.07 Å². The molecule has 4 heteroatoms. The third kappa shape index (κ3) is 7.05. The molecule has 0 fully saturated rings. The number of hydrogen-bond donors (Lipinski definition) is 1. The number of unbranched alkanes of at least 4 members (excludes halogenated alkanes) is 3. The van der Waals surface area contributed by atoms with Crippen LogP contribution in [0.2, 0.25) is 10.0 Å². The second-order valence-corrected chi connectivity index (χ2v) is 5.38. The first-order valence-electron chi connectivity index (χ1n) is 7.03. The van der Waals surface area contributed by atoms with Crippen LogP contribution in [-0.4, -0.2) is 19.7 Å². The Morgan fingerprint density at radius 1 is 1.00 bits per heavy atom. The van der Waals surface area contributed by atoms with Crippen LogP contribution in [0.25, 0.3) is 0 Å². The van der Waals surface area contributed by atoms with E-state index in [0.29, 0.717) is 22.4 Å². The summed E-state index contributed by atoms with van der Waals surface area (Å²) in [5, 5.41) is 4.59. The Morgan fingerprint density at radius 3 is 2.37 bits per heavy atom. The summed E-state index contributed by atoms with van der Waals surface area (Å²) in [4.78, 5) is 0. The van der Waals surface area contributed by atoms with Gasteiger partial charge in [0.25, 0.3) is 0 Å². The fourth-order valence-electron chi connectivity index (χ4n) is 1.75. The zero-order chi connectivity index (χ0) is 13.9. The van der Waals surface area contributed by atoms with E-state index in [1.54, 1.807) is 12.1 Å². The molecule has 0 bridgehead atoms. The van der Waals surface area contributed by atoms with Crippen LogP contribution in [0.15, 0.2) is 18.2 Å². The lowest BCUT2D eigenvalue weighted by Gasteiger charge is -2.09. The number of ether oxygens (including phenoxy) is 1. The molecule has 0 saturated heterocycles. The lowest BCUT2D eigenvalue weighted by Crippen LogP contribution is -2.16. The van der Waals surface area contributed by atoms with Crippen LogP contribution in [0, 0.1) is 0 Å². The summed E-state index contributed by atoms with van der Waals surface area (Å²) in [7, 11) is 0. The van der Waals surface area contributed by atoms with Gasteiger partial charge in [-0.3, -0.25) is 0 Å². The molecule has 0 aliphatic carbocycles. The molecule has 2 nitrogen and oxygen atoms in total. The van der Waals surface area contributed by atoms with Crippen LogP contribution in [0.3, 0.4) is 0 Å². The van der Waals surface area contributed by atoms with E-state index in [0.717, 1.165) is 25.9 Å². The van der Waals surface area contributed by atoms with E-state index in [9.17, 15) is 0 Å². The van der Waals surface area contributed by atoms with Gasteiger partial charge in [0.1, 0.15) is 0 Å². The van der Waals surface area contributed by atoms with Crippen LogP contribution < -0.4 is 10.1 Å². The maximum absolute atomic E-state index is 6.02. The van der Waals surface area contributed by atoms with Crippen molar-refractivity contribution in [2.45, 2.75) is 39.0 Å². The van der Waals surface area contributed by atoms with Gasteiger partial charge in [0.05, 0.1) is 16.7 Å². The third-order valence-corrected chi connectivity index (χ3v) is 3.47. The molecule has 0 spiro atoms. The second-order valence-electron chi connectivity index (χ2n) is 4.56. The number of rotatable bonds is 10. The molecule has 0 aliphatic rings. The maximum Gasteiger partial charge on any atom is 0.156 e. The van der Waals surface area contributed by atoms with Crippen LogP contribution in [0.4, 0.5) is 0 Å². The van der Waals surface area contributed by atoms with Crippen molar-refractivity contribution in [1.29, 1.82) is 0 Å². The van der Waals surface area contributed by atoms with Gasteiger partial charge < -0.3 is 10.1 Å². The quantitative estimate of drug-likeness (QED) is 0.619. The Balaban J connectivity index is 2.05. The van der Waals surface area contributed by atoms with Gasteiger partial charge in [-0.25, -0.2) is 0 Å². The summed E-state index contributed by atoms with van der Waals surface area (Å²) in [6.07, 6.45) is 5.87. The minimum absolute atomic E-state index is 0.578. The summed E-state index contributed by atoms with van der Waals surface area (Å²) in [5.41, 5.74) is 0. The van der Waals surface area contributed by atoms with E-state index in [2.05, 4.69) is 12.2 Å². The van der Waals surface area contributed by atoms with Crippen molar-refractivity contribution in [2.24, 2.45) is 0 Å². The molecule has 1 aromatic rings. The number of benzene rings is 1. The molecule has 0 atom stereocenters. The molecule has 0 aliphatic heterocycles. The maximum atomic E-state index is 6.02. The Kier molecular flexibility index (Phi) is 9.06. The SMILES string of the molecule is CCCCNCCCCCOc1c(Cl)cccc1Cl. The van der Waals surface area contributed by atoms with Gasteiger partial charge in [0.15, 0.2) is 5.75 Å². The predicted molar refractivity (Wildman–Crippen MR) is 83.6 cm³/mol. The average Bonchev–Trinajstić information content (AvgIpc) is 2.40. The number of nitrogens with one attached hydrogen (secondary N) is 1. The highest BCUT2D eigenvalue weighted by Crippen LogP contribution is 2.32. The minimum Gasteiger partial charge on any atom is -0.490 e. The lowest BCUT2D eigenvalue weighted by atomic mass is 10.2. The molecule has 0 amide bonds. The first-order chi connectivity index (χ1) is 9.25. The normalized spacial score (nSPS) is 10.7. The van der Waals surface area contributed by atoms with Crippen molar-refractivity contribution < 1.29 is 4.74 Å². The van der Waals surface area contributed by atoms with Gasteiger partial charge in [0, 0.05) is 0 Å². The minimum atomic E-state index is 0.578. The van der Waals surface area contributed by atoms with Crippen LogP contribution >= 0.6 is 23.2 Å². The summed E-state index contributed by atoms with van der Waals surface area (Å²) in [6.45, 7) is 5.09. The highest BCUT2D eigenvalue weighted by Gasteiger charge is 2.05. The van der Waals surface area contributed by atoms with Crippen LogP contribution in [0.1, 0.15) is 39.0 Å². The topological polar surface area (TPSA) is 21.3 Å². The van der Waals surface area contributed by atoms with Gasteiger partial charge in [0.2, 0.25) is 0 Å². The van der Waals surface area contributed by atoms with Gasteiger partial charge in [-0.15, -0.1) is 0 Å². The molecule has 0 heterocycles. The molecule has 0 aromatic heterocycles. The second kappa shape index (κ2) is 10.4. The van der Waals surface area contributed by atoms with E-state index in [1.165, 1.54) is 19.3 Å². The van der Waals surface area contributed by atoms with Crippen molar-refractivity contribution in [2.75, 3.05) is 19.7 Å². The largest absolute Gasteiger partial charge is 0.490 e. The zero-order valence-corrected chi connectivity index (χ0v) is 13.1. The van der Waals surface area contributed by atoms with E-state index in [-0.39, 0.29) is 0 Å². The Hall–Kier alpha value is -0.440. The molecule has 19 heavy (non-hydrogen) atoms. The summed E-state index contributed by atoms with van der Waals surface area (Å²) in [6, 6.07) is 5.40. The van der Waals surface area contributed by atoms with Crippen molar-refractivity contribution in [1.82, 2.24) is 5.32 Å². The van der Waals surface area contributed by atoms with E-state index >= 15 is 0 Å². The fourth-order valence-corrected chi connectivity index (χ4v) is 2.26. The predicted octanol–water partition coefficient (Wildman–Crippen LogP) is 4.93. The number of para-hydroxylation sites is 1. The monoisotopic (exact) mass is 303 g/mol. The molecule has 0 saturated carbocycles. The van der Waals surface area contributed by atoms with Gasteiger partial charge >= 0.3 is 0 Å². The molecule has 108 valence electrons. The third-order valence-electron chi connectivity index (χ3n) is 2.87. The Labute approximate surface area is 126 Å². The highest BCUT2D eigenvalue weighted by atomic mass is 35.5. The molecular formula is C15H23Cl2NO. The summed E-state index contributed by atoms with van der Waals surface area (Å²) >= 11 is 12.0. The Morgan fingerprint density at radius 2 is 1.68 bits per heavy atom. The lowest BCUT2D eigenvalue weighted by molar-refractivity contribution is 0.305. The zero-order valence-electron chi connectivity index (χ0n) is 11.6. The standard InChI is InChI=1S/C15H23Cl2NO/c1-2-3-10-18-11-5-4-6-12-19-15-13(16)8-7-9-14(15)17/h7-9,18H,2-6,10-12H2,1H3.